The molecule has 0 saturated carbocycles. The molecular weight excluding hydrogens is 370 g/mol. The number of rotatable bonds is 6. The van der Waals surface area contributed by atoms with E-state index in [4.69, 9.17) is 4.74 Å². The van der Waals surface area contributed by atoms with E-state index in [9.17, 15) is 10.1 Å². The zero-order chi connectivity index (χ0) is 20.2. The summed E-state index contributed by atoms with van der Waals surface area (Å²) in [5.74, 6) is 1.97. The van der Waals surface area contributed by atoms with Crippen molar-refractivity contribution in [3.05, 3.63) is 46.1 Å². The molecule has 8 heteroatoms. The number of piperidine rings is 1. The van der Waals surface area contributed by atoms with Crippen molar-refractivity contribution in [2.45, 2.75) is 32.2 Å². The average Bonchev–Trinajstić information content (AvgIpc) is 3.22. The molecule has 2 aliphatic rings. The second-order valence-corrected chi connectivity index (χ2v) is 7.97. The molecule has 1 N–H and O–H groups in total. The van der Waals surface area contributed by atoms with E-state index in [1.807, 2.05) is 13.0 Å². The summed E-state index contributed by atoms with van der Waals surface area (Å²) in [5, 5.41) is 14.6. The summed E-state index contributed by atoms with van der Waals surface area (Å²) in [7, 11) is 0. The fourth-order valence-corrected chi connectivity index (χ4v) is 4.09. The third kappa shape index (κ3) is 5.07. The second-order valence-electron chi connectivity index (χ2n) is 7.97. The molecule has 0 spiro atoms. The standard InChI is InChI=1S/C21H27N5O3/c1-15-11-20(24-21(22-15)17-3-2-4-19(12-17)26(27)28)23-18-5-8-25(9-6-18)13-16-7-10-29-14-16/h2-4,11-12,16,18H,5-10,13-14H2,1H3,(H,22,23,24). The van der Waals surface area contributed by atoms with E-state index >= 15 is 0 Å². The number of hydrogen-bond acceptors (Lipinski definition) is 7. The third-order valence-electron chi connectivity index (χ3n) is 5.65. The molecule has 4 rings (SSSR count). The van der Waals surface area contributed by atoms with Crippen molar-refractivity contribution >= 4 is 11.5 Å². The highest BCUT2D eigenvalue weighted by Crippen LogP contribution is 2.24. The Kier molecular flexibility index (Phi) is 6.01. The van der Waals surface area contributed by atoms with Crippen LogP contribution in [0.15, 0.2) is 30.3 Å². The number of nitro groups is 1. The first-order valence-corrected chi connectivity index (χ1v) is 10.2. The van der Waals surface area contributed by atoms with Crippen molar-refractivity contribution in [1.29, 1.82) is 0 Å². The van der Waals surface area contributed by atoms with E-state index in [0.717, 1.165) is 57.2 Å². The molecule has 3 heterocycles. The molecule has 8 nitrogen and oxygen atoms in total. The fraction of sp³-hybridized carbons (Fsp3) is 0.524. The van der Waals surface area contributed by atoms with Gasteiger partial charge in [-0.2, -0.15) is 0 Å². The first-order chi connectivity index (χ1) is 14.1. The number of aromatic nitrogens is 2. The number of nitrogens with one attached hydrogen (secondary N) is 1. The highest BCUT2D eigenvalue weighted by molar-refractivity contribution is 5.61. The van der Waals surface area contributed by atoms with E-state index in [1.54, 1.807) is 12.1 Å². The molecule has 2 aliphatic heterocycles. The minimum Gasteiger partial charge on any atom is -0.381 e. The van der Waals surface area contributed by atoms with Crippen LogP contribution in [-0.2, 0) is 4.74 Å². The lowest BCUT2D eigenvalue weighted by Crippen LogP contribution is -2.41. The normalized spacial score (nSPS) is 20.7. The largest absolute Gasteiger partial charge is 0.381 e. The number of non-ortho nitro benzene ring substituents is 1. The predicted octanol–water partition coefficient (Wildman–Crippen LogP) is 3.27. The Morgan fingerprint density at radius 2 is 2.07 bits per heavy atom. The van der Waals surface area contributed by atoms with Crippen LogP contribution in [-0.4, -0.2) is 58.7 Å². The van der Waals surface area contributed by atoms with Crippen molar-refractivity contribution in [3.63, 3.8) is 0 Å². The minimum absolute atomic E-state index is 0.0437. The molecule has 0 bridgehead atoms. The lowest BCUT2D eigenvalue weighted by molar-refractivity contribution is -0.384. The summed E-state index contributed by atoms with van der Waals surface area (Å²) in [6.45, 7) is 7.02. The molecule has 2 aromatic rings. The van der Waals surface area contributed by atoms with Crippen LogP contribution >= 0.6 is 0 Å². The Morgan fingerprint density at radius 1 is 1.24 bits per heavy atom. The first kappa shape index (κ1) is 19.7. The molecule has 0 amide bonds. The molecule has 2 saturated heterocycles. The van der Waals surface area contributed by atoms with Gasteiger partial charge in [-0.15, -0.1) is 0 Å². The Hall–Kier alpha value is -2.58. The quantitative estimate of drug-likeness (QED) is 0.590. The summed E-state index contributed by atoms with van der Waals surface area (Å²) in [5.41, 5.74) is 1.53. The van der Waals surface area contributed by atoms with Gasteiger partial charge in [0.25, 0.3) is 5.69 Å². The van der Waals surface area contributed by atoms with Gasteiger partial charge in [0.05, 0.1) is 11.5 Å². The van der Waals surface area contributed by atoms with E-state index in [2.05, 4.69) is 20.2 Å². The highest BCUT2D eigenvalue weighted by atomic mass is 16.6. The second kappa shape index (κ2) is 8.84. The summed E-state index contributed by atoms with van der Waals surface area (Å²) in [4.78, 5) is 22.3. The van der Waals surface area contributed by atoms with Crippen LogP contribution in [0.5, 0.6) is 0 Å². The zero-order valence-electron chi connectivity index (χ0n) is 16.7. The van der Waals surface area contributed by atoms with Gasteiger partial charge in [-0.1, -0.05) is 12.1 Å². The highest BCUT2D eigenvalue weighted by Gasteiger charge is 2.24. The van der Waals surface area contributed by atoms with Crippen LogP contribution in [0.25, 0.3) is 11.4 Å². The van der Waals surface area contributed by atoms with E-state index < -0.39 is 4.92 Å². The van der Waals surface area contributed by atoms with Gasteiger partial charge < -0.3 is 15.0 Å². The van der Waals surface area contributed by atoms with Crippen LogP contribution in [0.1, 0.15) is 25.0 Å². The van der Waals surface area contributed by atoms with Crippen molar-refractivity contribution in [1.82, 2.24) is 14.9 Å². The van der Waals surface area contributed by atoms with Gasteiger partial charge in [0.2, 0.25) is 0 Å². The van der Waals surface area contributed by atoms with E-state index in [0.29, 0.717) is 23.3 Å². The van der Waals surface area contributed by atoms with Crippen molar-refractivity contribution in [2.75, 3.05) is 38.2 Å². The van der Waals surface area contributed by atoms with Gasteiger partial charge in [0.15, 0.2) is 5.82 Å². The smallest absolute Gasteiger partial charge is 0.270 e. The molecule has 0 radical (unpaired) electrons. The van der Waals surface area contributed by atoms with E-state index in [1.165, 1.54) is 18.6 Å². The van der Waals surface area contributed by atoms with Crippen molar-refractivity contribution < 1.29 is 9.66 Å². The molecule has 1 unspecified atom stereocenters. The number of nitro benzene ring substituents is 1. The molecule has 0 aliphatic carbocycles. The predicted molar refractivity (Wildman–Crippen MR) is 111 cm³/mol. The SMILES string of the molecule is Cc1cc(NC2CCN(CC3CCOC3)CC2)nc(-c2cccc([N+](=O)[O-])c2)n1. The number of hydrogen-bond donors (Lipinski definition) is 1. The van der Waals surface area contributed by atoms with Gasteiger partial charge in [0, 0.05) is 61.7 Å². The van der Waals surface area contributed by atoms with Crippen LogP contribution < -0.4 is 5.32 Å². The summed E-state index contributed by atoms with van der Waals surface area (Å²) in [6, 6.07) is 8.77. The van der Waals surface area contributed by atoms with Crippen LogP contribution in [0.4, 0.5) is 11.5 Å². The van der Waals surface area contributed by atoms with Crippen LogP contribution in [0, 0.1) is 23.0 Å². The number of ether oxygens (including phenoxy) is 1. The Labute approximate surface area is 170 Å². The number of anilines is 1. The lowest BCUT2D eigenvalue weighted by Gasteiger charge is -2.33. The Morgan fingerprint density at radius 3 is 2.79 bits per heavy atom. The van der Waals surface area contributed by atoms with Crippen LogP contribution in [0.3, 0.4) is 0 Å². The van der Waals surface area contributed by atoms with Gasteiger partial charge >= 0.3 is 0 Å². The Bertz CT molecular complexity index is 861. The maximum atomic E-state index is 11.1. The van der Waals surface area contributed by atoms with Crippen molar-refractivity contribution in [2.24, 2.45) is 5.92 Å². The topological polar surface area (TPSA) is 93.4 Å². The minimum atomic E-state index is -0.399. The number of nitrogens with zero attached hydrogens (tertiary/aromatic N) is 4. The molecular formula is C21H27N5O3. The maximum Gasteiger partial charge on any atom is 0.270 e. The molecule has 2 fully saturated rings. The fourth-order valence-electron chi connectivity index (χ4n) is 4.09. The Balaban J connectivity index is 1.39. The van der Waals surface area contributed by atoms with Gasteiger partial charge in [-0.05, 0) is 32.1 Å². The monoisotopic (exact) mass is 397 g/mol. The number of benzene rings is 1. The van der Waals surface area contributed by atoms with Crippen molar-refractivity contribution in [3.8, 4) is 11.4 Å². The van der Waals surface area contributed by atoms with Crippen LogP contribution in [0.2, 0.25) is 0 Å². The van der Waals surface area contributed by atoms with Gasteiger partial charge in [-0.3, -0.25) is 10.1 Å². The molecule has 1 atom stereocenters. The number of aryl methyl sites for hydroxylation is 1. The summed E-state index contributed by atoms with van der Waals surface area (Å²) in [6.07, 6.45) is 3.32. The summed E-state index contributed by atoms with van der Waals surface area (Å²) < 4.78 is 5.49. The lowest BCUT2D eigenvalue weighted by atomic mass is 10.0. The van der Waals surface area contributed by atoms with E-state index in [-0.39, 0.29) is 5.69 Å². The van der Waals surface area contributed by atoms with Gasteiger partial charge in [0.1, 0.15) is 5.82 Å². The molecule has 1 aromatic carbocycles. The molecule has 1 aromatic heterocycles. The third-order valence-corrected chi connectivity index (χ3v) is 5.65. The van der Waals surface area contributed by atoms with Gasteiger partial charge in [-0.25, -0.2) is 9.97 Å². The maximum absolute atomic E-state index is 11.1. The first-order valence-electron chi connectivity index (χ1n) is 10.2. The zero-order valence-corrected chi connectivity index (χ0v) is 16.7. The molecule has 29 heavy (non-hydrogen) atoms. The number of likely N-dealkylation sites (tertiary alicyclic amines) is 1. The average molecular weight is 397 g/mol. The summed E-state index contributed by atoms with van der Waals surface area (Å²) >= 11 is 0. The molecule has 154 valence electrons.